The molecule has 3 aliphatic rings. The van der Waals surface area contributed by atoms with Gasteiger partial charge in [0.15, 0.2) is 11.6 Å². The molecule has 0 radical (unpaired) electrons. The second-order valence-electron chi connectivity index (χ2n) is 12.1. The van der Waals surface area contributed by atoms with Crippen molar-refractivity contribution in [3.63, 3.8) is 0 Å². The van der Waals surface area contributed by atoms with Crippen LogP contribution in [0.1, 0.15) is 24.8 Å². The zero-order chi connectivity index (χ0) is 32.1. The van der Waals surface area contributed by atoms with Gasteiger partial charge in [0.2, 0.25) is 0 Å². The van der Waals surface area contributed by atoms with Crippen molar-refractivity contribution >= 4 is 32.5 Å². The molecule has 0 saturated carbocycles. The lowest BCUT2D eigenvalue weighted by atomic mass is 9.73. The highest BCUT2D eigenvalue weighted by atomic mass is 32.2. The van der Waals surface area contributed by atoms with E-state index in [2.05, 4.69) is 19.9 Å². The Balaban J connectivity index is 1.14. The predicted octanol–water partition coefficient (Wildman–Crippen LogP) is 4.08. The van der Waals surface area contributed by atoms with E-state index in [4.69, 9.17) is 4.74 Å². The SMILES string of the molecule is N#Cc1c(NS(=O)(=O)N2CCC(F)C2)ccc(F)c1Oc1ccc2ncn(-c3ccc(N4CCC5(CC4)CNC5)cc3)c(=O)c2c1. The number of nitrogens with one attached hydrogen (secondary N) is 2. The fourth-order valence-corrected chi connectivity index (χ4v) is 7.61. The first-order chi connectivity index (χ1) is 22.1. The smallest absolute Gasteiger partial charge is 0.301 e. The van der Waals surface area contributed by atoms with Crippen LogP contribution in [0.4, 0.5) is 20.2 Å². The third-order valence-corrected chi connectivity index (χ3v) is 10.6. The monoisotopic (exact) mass is 647 g/mol. The van der Waals surface area contributed by atoms with Crippen LogP contribution in [0.15, 0.2) is 65.7 Å². The Morgan fingerprint density at radius 1 is 1.04 bits per heavy atom. The minimum Gasteiger partial charge on any atom is -0.453 e. The minimum absolute atomic E-state index is 0.0210. The Kier molecular flexibility index (Phi) is 7.62. The van der Waals surface area contributed by atoms with Gasteiger partial charge in [-0.1, -0.05) is 0 Å². The highest BCUT2D eigenvalue weighted by molar-refractivity contribution is 7.90. The molecule has 1 unspecified atom stereocenters. The van der Waals surface area contributed by atoms with Crippen LogP contribution in [-0.2, 0) is 10.2 Å². The van der Waals surface area contributed by atoms with Gasteiger partial charge in [0.25, 0.3) is 5.56 Å². The van der Waals surface area contributed by atoms with Crippen LogP contribution in [0.5, 0.6) is 11.5 Å². The molecule has 4 heterocycles. The van der Waals surface area contributed by atoms with Crippen LogP contribution in [0, 0.1) is 22.6 Å². The summed E-state index contributed by atoms with van der Waals surface area (Å²) in [5.41, 5.74) is 1.55. The van der Waals surface area contributed by atoms with Crippen molar-refractivity contribution in [1.82, 2.24) is 19.2 Å². The number of ether oxygens (including phenoxy) is 1. The van der Waals surface area contributed by atoms with E-state index < -0.39 is 33.5 Å². The summed E-state index contributed by atoms with van der Waals surface area (Å²) >= 11 is 0. The third kappa shape index (κ3) is 5.55. The highest BCUT2D eigenvalue weighted by Crippen LogP contribution is 2.37. The number of hydrogen-bond donors (Lipinski definition) is 2. The topological polar surface area (TPSA) is 133 Å². The number of fused-ring (bicyclic) bond motifs is 1. The van der Waals surface area contributed by atoms with Gasteiger partial charge in [-0.25, -0.2) is 13.8 Å². The van der Waals surface area contributed by atoms with Gasteiger partial charge < -0.3 is 15.0 Å². The average Bonchev–Trinajstić information content (AvgIpc) is 3.50. The van der Waals surface area contributed by atoms with Gasteiger partial charge >= 0.3 is 10.2 Å². The number of hydrogen-bond acceptors (Lipinski definition) is 8. The molecule has 2 N–H and O–H groups in total. The van der Waals surface area contributed by atoms with Gasteiger partial charge in [-0.05, 0) is 79.3 Å². The van der Waals surface area contributed by atoms with E-state index in [-0.39, 0.29) is 41.9 Å². The molecule has 3 aliphatic heterocycles. The molecule has 1 atom stereocenters. The largest absolute Gasteiger partial charge is 0.453 e. The molecule has 3 fully saturated rings. The normalized spacial score (nSPS) is 19.6. The first kappa shape index (κ1) is 30.1. The summed E-state index contributed by atoms with van der Waals surface area (Å²) in [7, 11) is -4.20. The lowest BCUT2D eigenvalue weighted by Gasteiger charge is -2.49. The second kappa shape index (κ2) is 11.7. The first-order valence-corrected chi connectivity index (χ1v) is 16.5. The van der Waals surface area contributed by atoms with E-state index in [0.29, 0.717) is 16.6 Å². The summed E-state index contributed by atoms with van der Waals surface area (Å²) in [5, 5.41) is 13.4. The molecule has 238 valence electrons. The average molecular weight is 648 g/mol. The zero-order valence-corrected chi connectivity index (χ0v) is 25.6. The Hall–Kier alpha value is -4.58. The van der Waals surface area contributed by atoms with Crippen LogP contribution in [0.2, 0.25) is 0 Å². The second-order valence-corrected chi connectivity index (χ2v) is 13.7. The molecule has 7 rings (SSSR count). The predicted molar refractivity (Wildman–Crippen MR) is 169 cm³/mol. The van der Waals surface area contributed by atoms with Gasteiger partial charge in [-0.2, -0.15) is 18.0 Å². The summed E-state index contributed by atoms with van der Waals surface area (Å²) in [5.74, 6) is -1.40. The molecule has 1 spiro atoms. The summed E-state index contributed by atoms with van der Waals surface area (Å²) in [6.07, 6.45) is 2.52. The maximum Gasteiger partial charge on any atom is 0.301 e. The van der Waals surface area contributed by atoms with E-state index >= 15 is 0 Å². The molecular weight excluding hydrogens is 616 g/mol. The molecule has 46 heavy (non-hydrogen) atoms. The van der Waals surface area contributed by atoms with Crippen LogP contribution in [0.25, 0.3) is 16.6 Å². The maximum atomic E-state index is 15.0. The number of alkyl halides is 1. The van der Waals surface area contributed by atoms with Gasteiger partial charge in [0.05, 0.1) is 22.3 Å². The van der Waals surface area contributed by atoms with Crippen molar-refractivity contribution < 1.29 is 21.9 Å². The molecule has 0 bridgehead atoms. The van der Waals surface area contributed by atoms with E-state index in [1.54, 1.807) is 6.07 Å². The standard InChI is InChI=1S/C32H31F2N7O4S/c33-21-9-12-40(17-21)46(43,44)38-29-8-6-27(34)30(26(29)16-35)45-24-5-7-28-25(15-24)31(42)41(20-37-28)23-3-1-22(2-4-23)39-13-10-32(11-14-39)18-36-19-32/h1-8,15,20-21,36,38H,9-14,17-19H2. The van der Waals surface area contributed by atoms with E-state index in [0.717, 1.165) is 61.1 Å². The molecule has 3 saturated heterocycles. The lowest BCUT2D eigenvalue weighted by molar-refractivity contribution is 0.126. The minimum atomic E-state index is -4.20. The first-order valence-electron chi connectivity index (χ1n) is 15.0. The number of nitrogens with zero attached hydrogens (tertiary/aromatic N) is 5. The molecule has 0 amide bonds. The van der Waals surface area contributed by atoms with Crippen molar-refractivity contribution in [2.24, 2.45) is 5.41 Å². The summed E-state index contributed by atoms with van der Waals surface area (Å²) < 4.78 is 64.6. The summed E-state index contributed by atoms with van der Waals surface area (Å²) in [6, 6.07) is 16.0. The fraction of sp³-hybridized carbons (Fsp3) is 0.344. The van der Waals surface area contributed by atoms with Crippen molar-refractivity contribution in [2.45, 2.75) is 25.4 Å². The highest BCUT2D eigenvalue weighted by Gasteiger charge is 2.39. The third-order valence-electron chi connectivity index (χ3n) is 9.16. The number of nitriles is 1. The Morgan fingerprint density at radius 3 is 2.43 bits per heavy atom. The molecule has 0 aliphatic carbocycles. The number of anilines is 2. The van der Waals surface area contributed by atoms with Gasteiger partial charge in [-0.15, -0.1) is 0 Å². The number of benzene rings is 3. The van der Waals surface area contributed by atoms with Crippen molar-refractivity contribution in [3.8, 4) is 23.3 Å². The summed E-state index contributed by atoms with van der Waals surface area (Å²) in [4.78, 5) is 20.4. The maximum absolute atomic E-state index is 15.0. The van der Waals surface area contributed by atoms with Crippen LogP contribution in [0.3, 0.4) is 0 Å². The Morgan fingerprint density at radius 2 is 1.78 bits per heavy atom. The number of piperidine rings is 1. The van der Waals surface area contributed by atoms with E-state index in [1.807, 2.05) is 24.3 Å². The van der Waals surface area contributed by atoms with Gasteiger partial charge in [0, 0.05) is 45.0 Å². The molecule has 11 nitrogen and oxygen atoms in total. The fourth-order valence-electron chi connectivity index (χ4n) is 6.32. The van der Waals surface area contributed by atoms with Crippen molar-refractivity contribution in [2.75, 3.05) is 48.9 Å². The quantitative estimate of drug-likeness (QED) is 0.307. The van der Waals surface area contributed by atoms with Crippen LogP contribution < -0.4 is 25.2 Å². The molecule has 14 heteroatoms. The summed E-state index contributed by atoms with van der Waals surface area (Å²) in [6.45, 7) is 3.83. The van der Waals surface area contributed by atoms with E-state index in [1.165, 1.54) is 29.1 Å². The lowest BCUT2D eigenvalue weighted by Crippen LogP contribution is -2.58. The molecule has 1 aromatic heterocycles. The van der Waals surface area contributed by atoms with Crippen LogP contribution >= 0.6 is 0 Å². The van der Waals surface area contributed by atoms with Crippen molar-refractivity contribution in [3.05, 3.63) is 82.7 Å². The Labute approximate surface area is 264 Å². The van der Waals surface area contributed by atoms with Crippen LogP contribution in [-0.4, -0.2) is 67.7 Å². The number of rotatable bonds is 7. The van der Waals surface area contributed by atoms with E-state index in [9.17, 15) is 27.3 Å². The van der Waals surface area contributed by atoms with Crippen molar-refractivity contribution in [1.29, 1.82) is 5.26 Å². The zero-order valence-electron chi connectivity index (χ0n) is 24.7. The molecular formula is C32H31F2N7O4S. The molecule has 3 aromatic carbocycles. The number of halogens is 2. The number of aromatic nitrogens is 2. The molecule has 4 aromatic rings. The Bertz CT molecular complexity index is 2020. The van der Waals surface area contributed by atoms with Gasteiger partial charge in [-0.3, -0.25) is 14.1 Å². The van der Waals surface area contributed by atoms with Gasteiger partial charge in [0.1, 0.15) is 29.9 Å².